The minimum absolute atomic E-state index is 0.0365. The van der Waals surface area contributed by atoms with Crippen molar-refractivity contribution in [2.75, 3.05) is 0 Å². The SMILES string of the molecule is C[C@@H](O)c1cc(Cl)cc(Br)c1O. The van der Waals surface area contributed by atoms with Crippen molar-refractivity contribution in [2.45, 2.75) is 13.0 Å². The summed E-state index contributed by atoms with van der Waals surface area (Å²) in [6.07, 6.45) is -0.722. The average Bonchev–Trinajstić information content (AvgIpc) is 1.96. The molecule has 0 aromatic heterocycles. The van der Waals surface area contributed by atoms with Crippen molar-refractivity contribution in [1.29, 1.82) is 0 Å². The molecule has 0 saturated carbocycles. The molecule has 0 unspecified atom stereocenters. The molecule has 0 aliphatic carbocycles. The van der Waals surface area contributed by atoms with Crippen LogP contribution in [0.1, 0.15) is 18.6 Å². The second-order valence-corrected chi connectivity index (χ2v) is 3.79. The van der Waals surface area contributed by atoms with E-state index in [1.165, 1.54) is 6.07 Å². The maximum Gasteiger partial charge on any atom is 0.135 e. The first kappa shape index (κ1) is 9.84. The van der Waals surface area contributed by atoms with Gasteiger partial charge < -0.3 is 10.2 Å². The molecule has 0 fully saturated rings. The van der Waals surface area contributed by atoms with E-state index in [-0.39, 0.29) is 5.75 Å². The highest BCUT2D eigenvalue weighted by molar-refractivity contribution is 9.10. The van der Waals surface area contributed by atoms with Gasteiger partial charge in [-0.25, -0.2) is 0 Å². The van der Waals surface area contributed by atoms with E-state index < -0.39 is 6.10 Å². The third-order valence-electron chi connectivity index (χ3n) is 1.51. The summed E-state index contributed by atoms with van der Waals surface area (Å²) in [4.78, 5) is 0. The van der Waals surface area contributed by atoms with Crippen LogP contribution in [0.2, 0.25) is 5.02 Å². The molecule has 4 heteroatoms. The number of aliphatic hydroxyl groups excluding tert-OH is 1. The van der Waals surface area contributed by atoms with Gasteiger partial charge in [0.2, 0.25) is 0 Å². The third kappa shape index (κ3) is 1.91. The molecule has 0 aliphatic heterocycles. The van der Waals surface area contributed by atoms with Gasteiger partial charge in [0.25, 0.3) is 0 Å². The summed E-state index contributed by atoms with van der Waals surface area (Å²) in [6, 6.07) is 3.11. The van der Waals surface area contributed by atoms with Gasteiger partial charge in [-0.3, -0.25) is 0 Å². The average molecular weight is 252 g/mol. The van der Waals surface area contributed by atoms with E-state index in [1.807, 2.05) is 0 Å². The van der Waals surface area contributed by atoms with Crippen LogP contribution in [0.15, 0.2) is 16.6 Å². The highest BCUT2D eigenvalue weighted by Gasteiger charge is 2.11. The number of phenols is 1. The number of aromatic hydroxyl groups is 1. The molecule has 1 aromatic rings. The van der Waals surface area contributed by atoms with Crippen molar-refractivity contribution < 1.29 is 10.2 Å². The van der Waals surface area contributed by atoms with Gasteiger partial charge in [-0.1, -0.05) is 11.6 Å². The summed E-state index contributed by atoms with van der Waals surface area (Å²) in [6.45, 7) is 1.57. The van der Waals surface area contributed by atoms with Crippen LogP contribution in [0, 0.1) is 0 Å². The Bertz CT molecular complexity index is 299. The van der Waals surface area contributed by atoms with Crippen molar-refractivity contribution >= 4 is 27.5 Å². The first-order chi connectivity index (χ1) is 5.52. The lowest BCUT2D eigenvalue weighted by Crippen LogP contribution is -1.91. The summed E-state index contributed by atoms with van der Waals surface area (Å²) in [7, 11) is 0. The van der Waals surface area contributed by atoms with Crippen LogP contribution < -0.4 is 0 Å². The summed E-state index contributed by atoms with van der Waals surface area (Å²) in [5.41, 5.74) is 0.425. The number of phenolic OH excluding ortho intramolecular Hbond substituents is 1. The van der Waals surface area contributed by atoms with E-state index in [1.54, 1.807) is 13.0 Å². The number of benzene rings is 1. The Morgan fingerprint density at radius 1 is 1.50 bits per heavy atom. The quantitative estimate of drug-likeness (QED) is 0.806. The van der Waals surface area contributed by atoms with E-state index >= 15 is 0 Å². The predicted molar refractivity (Wildman–Crippen MR) is 51.5 cm³/mol. The summed E-state index contributed by atoms with van der Waals surface area (Å²) in [5.74, 6) is 0.0365. The van der Waals surface area contributed by atoms with Gasteiger partial charge >= 0.3 is 0 Å². The molecule has 1 aromatic carbocycles. The van der Waals surface area contributed by atoms with Gasteiger partial charge in [-0.05, 0) is 35.0 Å². The second-order valence-electron chi connectivity index (χ2n) is 2.50. The van der Waals surface area contributed by atoms with Crippen LogP contribution in [0.25, 0.3) is 0 Å². The zero-order valence-corrected chi connectivity index (χ0v) is 8.72. The van der Waals surface area contributed by atoms with Gasteiger partial charge in [0.15, 0.2) is 0 Å². The minimum atomic E-state index is -0.722. The second kappa shape index (κ2) is 3.64. The van der Waals surface area contributed by atoms with Gasteiger partial charge in [0, 0.05) is 10.6 Å². The maximum atomic E-state index is 9.43. The largest absolute Gasteiger partial charge is 0.506 e. The molecule has 1 rings (SSSR count). The normalized spacial score (nSPS) is 13.0. The van der Waals surface area contributed by atoms with Gasteiger partial charge in [-0.2, -0.15) is 0 Å². The minimum Gasteiger partial charge on any atom is -0.506 e. The smallest absolute Gasteiger partial charge is 0.135 e. The summed E-state index contributed by atoms with van der Waals surface area (Å²) >= 11 is 8.83. The Morgan fingerprint density at radius 2 is 2.08 bits per heavy atom. The Kier molecular flexibility index (Phi) is 2.99. The molecule has 0 spiro atoms. The molecule has 2 nitrogen and oxygen atoms in total. The number of aliphatic hydroxyl groups is 1. The molecule has 0 heterocycles. The first-order valence-corrected chi connectivity index (χ1v) is 4.55. The fourth-order valence-corrected chi connectivity index (χ4v) is 1.74. The van der Waals surface area contributed by atoms with Crippen molar-refractivity contribution in [3.05, 3.63) is 27.2 Å². The molecule has 2 N–H and O–H groups in total. The van der Waals surface area contributed by atoms with E-state index in [0.717, 1.165) is 0 Å². The predicted octanol–water partition coefficient (Wildman–Crippen LogP) is 2.86. The zero-order valence-electron chi connectivity index (χ0n) is 6.38. The van der Waals surface area contributed by atoms with Crippen molar-refractivity contribution in [3.8, 4) is 5.75 Å². The van der Waals surface area contributed by atoms with Crippen LogP contribution in [0.4, 0.5) is 0 Å². The number of hydrogen-bond acceptors (Lipinski definition) is 2. The standard InChI is InChI=1S/C8H8BrClO2/c1-4(11)6-2-5(10)3-7(9)8(6)12/h2-4,11-12H,1H3/t4-/m1/s1. The van der Waals surface area contributed by atoms with Gasteiger partial charge in [-0.15, -0.1) is 0 Å². The molecule has 0 aliphatic rings. The maximum absolute atomic E-state index is 9.43. The highest BCUT2D eigenvalue weighted by atomic mass is 79.9. The van der Waals surface area contributed by atoms with E-state index in [0.29, 0.717) is 15.1 Å². The van der Waals surface area contributed by atoms with Crippen molar-refractivity contribution in [3.63, 3.8) is 0 Å². The molecule has 0 radical (unpaired) electrons. The monoisotopic (exact) mass is 250 g/mol. The molecular weight excluding hydrogens is 243 g/mol. The lowest BCUT2D eigenvalue weighted by Gasteiger charge is -2.09. The zero-order chi connectivity index (χ0) is 9.30. The van der Waals surface area contributed by atoms with Crippen LogP contribution in [-0.4, -0.2) is 10.2 Å². The Balaban J connectivity index is 3.28. The van der Waals surface area contributed by atoms with Crippen LogP contribution >= 0.6 is 27.5 Å². The highest BCUT2D eigenvalue weighted by Crippen LogP contribution is 2.34. The lowest BCUT2D eigenvalue weighted by atomic mass is 10.1. The number of rotatable bonds is 1. The molecule has 0 saturated heterocycles. The third-order valence-corrected chi connectivity index (χ3v) is 2.33. The molecule has 12 heavy (non-hydrogen) atoms. The van der Waals surface area contributed by atoms with Crippen LogP contribution in [0.5, 0.6) is 5.75 Å². The van der Waals surface area contributed by atoms with E-state index in [4.69, 9.17) is 11.6 Å². The Labute approximate surface area is 83.9 Å². The van der Waals surface area contributed by atoms with E-state index in [2.05, 4.69) is 15.9 Å². The van der Waals surface area contributed by atoms with Crippen molar-refractivity contribution in [1.82, 2.24) is 0 Å². The van der Waals surface area contributed by atoms with Crippen LogP contribution in [-0.2, 0) is 0 Å². The fraction of sp³-hybridized carbons (Fsp3) is 0.250. The summed E-state index contributed by atoms with van der Waals surface area (Å²) in [5, 5.41) is 19.1. The molecule has 66 valence electrons. The molecule has 1 atom stereocenters. The van der Waals surface area contributed by atoms with E-state index in [9.17, 15) is 10.2 Å². The topological polar surface area (TPSA) is 40.5 Å². The number of halogens is 2. The molecular formula is C8H8BrClO2. The van der Waals surface area contributed by atoms with Gasteiger partial charge in [0.05, 0.1) is 10.6 Å². The van der Waals surface area contributed by atoms with Crippen molar-refractivity contribution in [2.24, 2.45) is 0 Å². The molecule has 0 amide bonds. The Morgan fingerprint density at radius 3 is 2.58 bits per heavy atom. The van der Waals surface area contributed by atoms with Crippen LogP contribution in [0.3, 0.4) is 0 Å². The molecule has 0 bridgehead atoms. The summed E-state index contributed by atoms with van der Waals surface area (Å²) < 4.78 is 0.492. The first-order valence-electron chi connectivity index (χ1n) is 3.38. The lowest BCUT2D eigenvalue weighted by molar-refractivity contribution is 0.195. The Hall–Kier alpha value is -0.250. The fourth-order valence-electron chi connectivity index (χ4n) is 0.904. The van der Waals surface area contributed by atoms with Gasteiger partial charge in [0.1, 0.15) is 5.75 Å². The number of hydrogen-bond donors (Lipinski definition) is 2.